The van der Waals surface area contributed by atoms with E-state index in [1.165, 1.54) is 5.56 Å². The number of benzene rings is 1. The number of hydrogen-bond donors (Lipinski definition) is 1. The van der Waals surface area contributed by atoms with Crippen LogP contribution in [0.3, 0.4) is 0 Å². The molecule has 1 saturated heterocycles. The average Bonchev–Trinajstić information content (AvgIpc) is 2.73. The van der Waals surface area contributed by atoms with Crippen LogP contribution < -0.4 is 10.2 Å². The first-order valence-electron chi connectivity index (χ1n) is 9.71. The first-order valence-corrected chi connectivity index (χ1v) is 9.71. The monoisotopic (exact) mass is 367 g/mol. The fourth-order valence-corrected chi connectivity index (χ4v) is 3.36. The molecule has 3 rings (SSSR count). The number of nitrogens with zero attached hydrogens (tertiary/aromatic N) is 4. The van der Waals surface area contributed by atoms with Gasteiger partial charge in [-0.05, 0) is 42.9 Å². The van der Waals surface area contributed by atoms with Crippen molar-refractivity contribution in [3.63, 3.8) is 0 Å². The van der Waals surface area contributed by atoms with E-state index in [1.54, 1.807) is 6.20 Å². The minimum atomic E-state index is -0.0270. The maximum atomic E-state index is 12.6. The van der Waals surface area contributed by atoms with Gasteiger partial charge in [-0.25, -0.2) is 4.79 Å². The molecule has 2 aromatic rings. The molecule has 0 saturated carbocycles. The van der Waals surface area contributed by atoms with E-state index in [0.29, 0.717) is 13.1 Å². The van der Waals surface area contributed by atoms with E-state index >= 15 is 0 Å². The molecule has 0 unspecified atom stereocenters. The molecule has 1 aliphatic rings. The van der Waals surface area contributed by atoms with Crippen LogP contribution in [0.5, 0.6) is 0 Å². The number of hydrogen-bond acceptors (Lipinski definition) is 4. The molecule has 0 spiro atoms. The van der Waals surface area contributed by atoms with E-state index in [9.17, 15) is 4.79 Å². The third-order valence-electron chi connectivity index (χ3n) is 5.06. The topological polar surface area (TPSA) is 51.7 Å². The van der Waals surface area contributed by atoms with E-state index in [1.807, 2.05) is 29.3 Å². The third kappa shape index (κ3) is 5.20. The second kappa shape index (κ2) is 9.37. The van der Waals surface area contributed by atoms with Crippen molar-refractivity contribution in [3.8, 4) is 0 Å². The molecule has 1 fully saturated rings. The van der Waals surface area contributed by atoms with Gasteiger partial charge in [-0.15, -0.1) is 0 Å². The SMILES string of the molecule is CCN(CC)Cc1cccc(NC(=O)N2CCN(c3cccnc3)CC2)c1. The summed E-state index contributed by atoms with van der Waals surface area (Å²) >= 11 is 0. The van der Waals surface area contributed by atoms with Crippen molar-refractivity contribution in [2.45, 2.75) is 20.4 Å². The van der Waals surface area contributed by atoms with Gasteiger partial charge in [0, 0.05) is 44.6 Å². The Bertz CT molecular complexity index is 724. The Morgan fingerprint density at radius 3 is 2.56 bits per heavy atom. The molecule has 0 radical (unpaired) electrons. The molecular weight excluding hydrogens is 338 g/mol. The van der Waals surface area contributed by atoms with Gasteiger partial charge in [0.05, 0.1) is 11.9 Å². The van der Waals surface area contributed by atoms with Crippen LogP contribution in [0.25, 0.3) is 0 Å². The zero-order valence-electron chi connectivity index (χ0n) is 16.3. The van der Waals surface area contributed by atoms with Crippen molar-refractivity contribution >= 4 is 17.4 Å². The molecule has 27 heavy (non-hydrogen) atoms. The molecule has 2 amide bonds. The van der Waals surface area contributed by atoms with Crippen LogP contribution in [0.15, 0.2) is 48.8 Å². The molecule has 2 heterocycles. The van der Waals surface area contributed by atoms with E-state index in [2.05, 4.69) is 52.1 Å². The van der Waals surface area contributed by atoms with E-state index in [4.69, 9.17) is 0 Å². The molecule has 1 aliphatic heterocycles. The van der Waals surface area contributed by atoms with Crippen LogP contribution in [-0.2, 0) is 6.54 Å². The predicted octanol–water partition coefficient (Wildman–Crippen LogP) is 3.28. The van der Waals surface area contributed by atoms with Gasteiger partial charge >= 0.3 is 6.03 Å². The minimum absolute atomic E-state index is 0.0270. The lowest BCUT2D eigenvalue weighted by molar-refractivity contribution is 0.208. The van der Waals surface area contributed by atoms with Crippen LogP contribution >= 0.6 is 0 Å². The smallest absolute Gasteiger partial charge is 0.321 e. The van der Waals surface area contributed by atoms with Crippen molar-refractivity contribution in [3.05, 3.63) is 54.4 Å². The van der Waals surface area contributed by atoms with Gasteiger partial charge in [0.25, 0.3) is 0 Å². The lowest BCUT2D eigenvalue weighted by atomic mass is 10.2. The van der Waals surface area contributed by atoms with Crippen molar-refractivity contribution < 1.29 is 4.79 Å². The summed E-state index contributed by atoms with van der Waals surface area (Å²) in [6.45, 7) is 10.3. The molecule has 1 aromatic heterocycles. The number of nitrogens with one attached hydrogen (secondary N) is 1. The summed E-state index contributed by atoms with van der Waals surface area (Å²) in [4.78, 5) is 23.3. The summed E-state index contributed by atoms with van der Waals surface area (Å²) in [5, 5.41) is 3.05. The molecule has 1 N–H and O–H groups in total. The Hall–Kier alpha value is -2.60. The van der Waals surface area contributed by atoms with Gasteiger partial charge in [-0.2, -0.15) is 0 Å². The van der Waals surface area contributed by atoms with Gasteiger partial charge in [-0.1, -0.05) is 26.0 Å². The summed E-state index contributed by atoms with van der Waals surface area (Å²) in [5.74, 6) is 0. The second-order valence-corrected chi connectivity index (χ2v) is 6.78. The number of aromatic nitrogens is 1. The fraction of sp³-hybridized carbons (Fsp3) is 0.429. The normalized spacial score (nSPS) is 14.5. The Morgan fingerprint density at radius 1 is 1.11 bits per heavy atom. The van der Waals surface area contributed by atoms with Gasteiger partial charge in [-0.3, -0.25) is 9.88 Å². The predicted molar refractivity (Wildman–Crippen MR) is 110 cm³/mol. The number of piperazine rings is 1. The van der Waals surface area contributed by atoms with Crippen LogP contribution in [-0.4, -0.2) is 60.1 Å². The van der Waals surface area contributed by atoms with E-state index in [-0.39, 0.29) is 6.03 Å². The average molecular weight is 367 g/mol. The zero-order valence-corrected chi connectivity index (χ0v) is 16.3. The van der Waals surface area contributed by atoms with Crippen molar-refractivity contribution in [2.75, 3.05) is 49.5 Å². The number of anilines is 2. The van der Waals surface area contributed by atoms with Gasteiger partial charge in [0.1, 0.15) is 0 Å². The maximum absolute atomic E-state index is 12.6. The summed E-state index contributed by atoms with van der Waals surface area (Å²) in [7, 11) is 0. The first kappa shape index (κ1) is 19.2. The molecule has 1 aromatic carbocycles. The second-order valence-electron chi connectivity index (χ2n) is 6.78. The number of rotatable bonds is 6. The molecule has 0 aliphatic carbocycles. The summed E-state index contributed by atoms with van der Waals surface area (Å²) in [6, 6.07) is 12.1. The quantitative estimate of drug-likeness (QED) is 0.851. The number of carbonyl (C=O) groups is 1. The molecule has 144 valence electrons. The maximum Gasteiger partial charge on any atom is 0.321 e. The Kier molecular flexibility index (Phi) is 6.65. The number of urea groups is 1. The molecular formula is C21H29N5O. The minimum Gasteiger partial charge on any atom is -0.367 e. The summed E-state index contributed by atoms with van der Waals surface area (Å²) in [5.41, 5.74) is 3.19. The van der Waals surface area contributed by atoms with Gasteiger partial charge in [0.15, 0.2) is 0 Å². The van der Waals surface area contributed by atoms with Crippen LogP contribution in [0.1, 0.15) is 19.4 Å². The number of amides is 2. The lowest BCUT2D eigenvalue weighted by Crippen LogP contribution is -2.50. The highest BCUT2D eigenvalue weighted by Crippen LogP contribution is 2.16. The van der Waals surface area contributed by atoms with Gasteiger partial charge in [0.2, 0.25) is 0 Å². The Morgan fingerprint density at radius 2 is 1.89 bits per heavy atom. The van der Waals surface area contributed by atoms with Gasteiger partial charge < -0.3 is 15.1 Å². The van der Waals surface area contributed by atoms with Crippen LogP contribution in [0.2, 0.25) is 0 Å². The van der Waals surface area contributed by atoms with E-state index in [0.717, 1.165) is 44.1 Å². The van der Waals surface area contributed by atoms with Crippen LogP contribution in [0, 0.1) is 0 Å². The molecule has 6 heteroatoms. The highest BCUT2D eigenvalue weighted by atomic mass is 16.2. The molecule has 0 atom stereocenters. The molecule has 6 nitrogen and oxygen atoms in total. The zero-order chi connectivity index (χ0) is 19.1. The summed E-state index contributed by atoms with van der Waals surface area (Å²) in [6.07, 6.45) is 3.65. The highest BCUT2D eigenvalue weighted by Gasteiger charge is 2.21. The fourth-order valence-electron chi connectivity index (χ4n) is 3.36. The number of carbonyl (C=O) groups excluding carboxylic acids is 1. The Balaban J connectivity index is 1.54. The largest absolute Gasteiger partial charge is 0.367 e. The van der Waals surface area contributed by atoms with Crippen molar-refractivity contribution in [1.82, 2.24) is 14.8 Å². The summed E-state index contributed by atoms with van der Waals surface area (Å²) < 4.78 is 0. The third-order valence-corrected chi connectivity index (χ3v) is 5.06. The molecule has 0 bridgehead atoms. The van der Waals surface area contributed by atoms with Crippen molar-refractivity contribution in [2.24, 2.45) is 0 Å². The standard InChI is InChI=1S/C21H29N5O/c1-3-24(4-2)17-18-7-5-8-19(15-18)23-21(27)26-13-11-25(12-14-26)20-9-6-10-22-16-20/h5-10,15-16H,3-4,11-14,17H2,1-2H3,(H,23,27). The lowest BCUT2D eigenvalue weighted by Gasteiger charge is -2.35. The first-order chi connectivity index (χ1) is 13.2. The number of pyridine rings is 1. The van der Waals surface area contributed by atoms with Crippen LogP contribution in [0.4, 0.5) is 16.2 Å². The highest BCUT2D eigenvalue weighted by molar-refractivity contribution is 5.89. The Labute approximate surface area is 161 Å². The van der Waals surface area contributed by atoms with Crippen molar-refractivity contribution in [1.29, 1.82) is 0 Å². The van der Waals surface area contributed by atoms with E-state index < -0.39 is 0 Å².